The van der Waals surface area contributed by atoms with E-state index in [9.17, 15) is 14.4 Å². The minimum absolute atomic E-state index is 0.0376. The lowest BCUT2D eigenvalue weighted by Gasteiger charge is -2.42. The van der Waals surface area contributed by atoms with Crippen molar-refractivity contribution in [2.24, 2.45) is 5.92 Å². The van der Waals surface area contributed by atoms with Gasteiger partial charge in [0.05, 0.1) is 6.54 Å². The zero-order chi connectivity index (χ0) is 18.7. The van der Waals surface area contributed by atoms with E-state index in [-0.39, 0.29) is 36.4 Å². The molecule has 0 aliphatic heterocycles. The number of carbonyl (C=O) groups is 3. The average molecular weight is 359 g/mol. The molecule has 1 aromatic carbocycles. The number of hydrogen-bond donors (Lipinski definition) is 3. The molecule has 0 aromatic heterocycles. The number of rotatable bonds is 8. The van der Waals surface area contributed by atoms with Crippen LogP contribution in [0.5, 0.6) is 0 Å². The minimum atomic E-state index is -0.826. The Kier molecular flexibility index (Phi) is 5.56. The summed E-state index contributed by atoms with van der Waals surface area (Å²) in [5, 5.41) is 14.7. The van der Waals surface area contributed by atoms with Gasteiger partial charge in [-0.05, 0) is 56.5 Å². The average Bonchev–Trinajstić information content (AvgIpc) is 3.41. The lowest BCUT2D eigenvalue weighted by molar-refractivity contribution is -0.139. The van der Waals surface area contributed by atoms with Crippen LogP contribution in [-0.4, -0.2) is 53.0 Å². The van der Waals surface area contributed by atoms with Gasteiger partial charge >= 0.3 is 5.97 Å². The maximum Gasteiger partial charge on any atom is 0.317 e. The fourth-order valence-corrected chi connectivity index (χ4v) is 3.24. The second kappa shape index (κ2) is 7.86. The summed E-state index contributed by atoms with van der Waals surface area (Å²) in [5.74, 6) is -0.777. The van der Waals surface area contributed by atoms with Gasteiger partial charge in [0.15, 0.2) is 0 Å². The normalized spacial score (nSPS) is 21.8. The Morgan fingerprint density at radius 2 is 1.81 bits per heavy atom. The van der Waals surface area contributed by atoms with Crippen molar-refractivity contribution in [3.63, 3.8) is 0 Å². The van der Waals surface area contributed by atoms with Gasteiger partial charge in [-0.15, -0.1) is 0 Å². The molecule has 0 atom stereocenters. The number of carbonyl (C=O) groups excluding carboxylic acids is 2. The van der Waals surface area contributed by atoms with Crippen LogP contribution in [0.4, 0.5) is 5.69 Å². The molecule has 0 bridgehead atoms. The van der Waals surface area contributed by atoms with E-state index >= 15 is 0 Å². The van der Waals surface area contributed by atoms with Crippen molar-refractivity contribution < 1.29 is 19.5 Å². The number of carboxylic acids is 1. The largest absolute Gasteiger partial charge is 0.480 e. The predicted octanol–water partition coefficient (Wildman–Crippen LogP) is 1.70. The Hall–Kier alpha value is -2.41. The third-order valence-corrected chi connectivity index (χ3v) is 5.07. The Morgan fingerprint density at radius 1 is 1.15 bits per heavy atom. The lowest BCUT2D eigenvalue weighted by Crippen LogP contribution is -2.54. The number of anilines is 1. The molecule has 2 amide bonds. The quantitative estimate of drug-likeness (QED) is 0.656. The molecule has 2 saturated carbocycles. The van der Waals surface area contributed by atoms with Crippen molar-refractivity contribution >= 4 is 23.5 Å². The molecule has 0 radical (unpaired) electrons. The number of carboxylic acid groups (broad SMARTS) is 1. The lowest BCUT2D eigenvalue weighted by atomic mass is 9.85. The van der Waals surface area contributed by atoms with Crippen LogP contribution in [-0.2, 0) is 9.59 Å². The fourth-order valence-electron chi connectivity index (χ4n) is 3.24. The molecule has 0 saturated heterocycles. The zero-order valence-electron chi connectivity index (χ0n) is 14.9. The van der Waals surface area contributed by atoms with E-state index in [1.54, 1.807) is 24.3 Å². The van der Waals surface area contributed by atoms with Crippen molar-refractivity contribution in [3.8, 4) is 0 Å². The first-order chi connectivity index (χ1) is 12.5. The Bertz CT molecular complexity index is 679. The first kappa shape index (κ1) is 18.4. The molecule has 140 valence electrons. The summed E-state index contributed by atoms with van der Waals surface area (Å²) >= 11 is 0. The molecule has 0 unspecified atom stereocenters. The zero-order valence-corrected chi connectivity index (χ0v) is 14.9. The fraction of sp³-hybridized carbons (Fsp3) is 0.526. The van der Waals surface area contributed by atoms with Gasteiger partial charge in [0.25, 0.3) is 5.91 Å². The van der Waals surface area contributed by atoms with E-state index in [0.29, 0.717) is 17.8 Å². The maximum absolute atomic E-state index is 12.3. The van der Waals surface area contributed by atoms with Crippen molar-refractivity contribution in [2.75, 3.05) is 18.4 Å². The molecule has 0 spiro atoms. The molecule has 7 nitrogen and oxygen atoms in total. The number of benzene rings is 1. The van der Waals surface area contributed by atoms with Gasteiger partial charge in [0, 0.05) is 29.3 Å². The first-order valence-electron chi connectivity index (χ1n) is 9.14. The first-order valence-corrected chi connectivity index (χ1v) is 9.14. The van der Waals surface area contributed by atoms with Crippen LogP contribution in [0.15, 0.2) is 24.3 Å². The summed E-state index contributed by atoms with van der Waals surface area (Å²) < 4.78 is 0. The van der Waals surface area contributed by atoms with Crippen molar-refractivity contribution in [3.05, 3.63) is 29.8 Å². The van der Waals surface area contributed by atoms with Gasteiger partial charge < -0.3 is 15.7 Å². The SMILES string of the molecule is CCN(CC(=O)O)C1CC(NC(=O)c2ccc(NC(=O)C3CC3)cc2)C1. The maximum atomic E-state index is 12.3. The number of nitrogens with one attached hydrogen (secondary N) is 2. The van der Waals surface area contributed by atoms with Crippen LogP contribution in [0.25, 0.3) is 0 Å². The Labute approximate surface area is 152 Å². The summed E-state index contributed by atoms with van der Waals surface area (Å²) in [6.07, 6.45) is 3.44. The monoisotopic (exact) mass is 359 g/mol. The van der Waals surface area contributed by atoms with Gasteiger partial charge in [-0.1, -0.05) is 6.92 Å². The van der Waals surface area contributed by atoms with Crippen molar-refractivity contribution in [1.82, 2.24) is 10.2 Å². The summed E-state index contributed by atoms with van der Waals surface area (Å²) in [6.45, 7) is 2.67. The van der Waals surface area contributed by atoms with Crippen LogP contribution in [0.3, 0.4) is 0 Å². The van der Waals surface area contributed by atoms with Crippen LogP contribution in [0.2, 0.25) is 0 Å². The molecule has 7 heteroatoms. The molecule has 2 aliphatic rings. The van der Waals surface area contributed by atoms with Gasteiger partial charge in [0.2, 0.25) is 5.91 Å². The van der Waals surface area contributed by atoms with Gasteiger partial charge in [-0.25, -0.2) is 0 Å². The molecular weight excluding hydrogens is 334 g/mol. The van der Waals surface area contributed by atoms with Crippen molar-refractivity contribution in [2.45, 2.75) is 44.7 Å². The van der Waals surface area contributed by atoms with Crippen LogP contribution < -0.4 is 10.6 Å². The van der Waals surface area contributed by atoms with E-state index in [4.69, 9.17) is 5.11 Å². The predicted molar refractivity (Wildman–Crippen MR) is 97.0 cm³/mol. The summed E-state index contributed by atoms with van der Waals surface area (Å²) in [5.41, 5.74) is 1.25. The minimum Gasteiger partial charge on any atom is -0.480 e. The number of hydrogen-bond acceptors (Lipinski definition) is 4. The molecule has 3 rings (SSSR count). The highest BCUT2D eigenvalue weighted by molar-refractivity contribution is 5.97. The van der Waals surface area contributed by atoms with Crippen LogP contribution >= 0.6 is 0 Å². The second-order valence-electron chi connectivity index (χ2n) is 7.09. The third kappa shape index (κ3) is 4.60. The topological polar surface area (TPSA) is 98.7 Å². The molecular formula is C19H25N3O4. The number of nitrogens with zero attached hydrogens (tertiary/aromatic N) is 1. The Morgan fingerprint density at radius 3 is 2.35 bits per heavy atom. The van der Waals surface area contributed by atoms with Gasteiger partial charge in [-0.2, -0.15) is 0 Å². The summed E-state index contributed by atoms with van der Waals surface area (Å²) in [7, 11) is 0. The standard InChI is InChI=1S/C19H25N3O4/c1-2-22(11-17(23)24)16-9-15(10-16)21-19(26)13-5-7-14(8-6-13)20-18(25)12-3-4-12/h5-8,12,15-16H,2-4,9-11H2,1H3,(H,20,25)(H,21,26)(H,23,24). The highest BCUT2D eigenvalue weighted by atomic mass is 16.4. The molecule has 3 N–H and O–H groups in total. The smallest absolute Gasteiger partial charge is 0.317 e. The van der Waals surface area contributed by atoms with Crippen LogP contribution in [0.1, 0.15) is 43.0 Å². The summed E-state index contributed by atoms with van der Waals surface area (Å²) in [6, 6.07) is 7.17. The van der Waals surface area contributed by atoms with E-state index < -0.39 is 5.97 Å². The van der Waals surface area contributed by atoms with E-state index in [2.05, 4.69) is 10.6 Å². The molecule has 2 fully saturated rings. The molecule has 0 heterocycles. The third-order valence-electron chi connectivity index (χ3n) is 5.07. The summed E-state index contributed by atoms with van der Waals surface area (Å²) in [4.78, 5) is 36.8. The number of amides is 2. The highest BCUT2D eigenvalue weighted by Crippen LogP contribution is 2.30. The molecule has 1 aromatic rings. The van der Waals surface area contributed by atoms with E-state index in [1.165, 1.54) is 0 Å². The van der Waals surface area contributed by atoms with Crippen LogP contribution in [0, 0.1) is 5.92 Å². The van der Waals surface area contributed by atoms with E-state index in [0.717, 1.165) is 25.7 Å². The highest BCUT2D eigenvalue weighted by Gasteiger charge is 2.34. The molecule has 26 heavy (non-hydrogen) atoms. The van der Waals surface area contributed by atoms with E-state index in [1.807, 2.05) is 11.8 Å². The Balaban J connectivity index is 1.45. The number of aliphatic carboxylic acids is 1. The van der Waals surface area contributed by atoms with Crippen molar-refractivity contribution in [1.29, 1.82) is 0 Å². The number of likely N-dealkylation sites (N-methyl/N-ethyl adjacent to an activating group) is 1. The van der Waals surface area contributed by atoms with Gasteiger partial charge in [0.1, 0.15) is 0 Å². The second-order valence-corrected chi connectivity index (χ2v) is 7.09. The van der Waals surface area contributed by atoms with Gasteiger partial charge in [-0.3, -0.25) is 19.3 Å². The molecule has 2 aliphatic carbocycles.